The van der Waals surface area contributed by atoms with Crippen LogP contribution >= 0.6 is 0 Å². The molecule has 21 heavy (non-hydrogen) atoms. The van der Waals surface area contributed by atoms with Crippen LogP contribution in [0, 0.1) is 0 Å². The number of carbonyl (C=O) groups excluding carboxylic acids is 1. The van der Waals surface area contributed by atoms with E-state index in [1.807, 2.05) is 26.0 Å². The number of benzene rings is 1. The number of esters is 1. The van der Waals surface area contributed by atoms with E-state index < -0.39 is 9.52 Å². The van der Waals surface area contributed by atoms with Crippen molar-refractivity contribution in [1.82, 2.24) is 0 Å². The van der Waals surface area contributed by atoms with Gasteiger partial charge in [-0.05, 0) is 31.5 Å². The molecule has 0 amide bonds. The van der Waals surface area contributed by atoms with Gasteiger partial charge in [0.25, 0.3) is 0 Å². The second kappa shape index (κ2) is 10.0. The van der Waals surface area contributed by atoms with Crippen molar-refractivity contribution in [3.8, 4) is 11.5 Å². The van der Waals surface area contributed by atoms with Gasteiger partial charge in [0.1, 0.15) is 0 Å². The lowest BCUT2D eigenvalue weighted by Gasteiger charge is -2.15. The summed E-state index contributed by atoms with van der Waals surface area (Å²) in [4.78, 5) is 10.9. The van der Waals surface area contributed by atoms with Crippen LogP contribution in [0.2, 0.25) is 6.04 Å². The summed E-state index contributed by atoms with van der Waals surface area (Å²) in [5, 5.41) is 1.26. The highest BCUT2D eigenvalue weighted by atomic mass is 28.2. The van der Waals surface area contributed by atoms with Crippen LogP contribution in [0.3, 0.4) is 0 Å². The molecule has 0 heterocycles. The van der Waals surface area contributed by atoms with Crippen molar-refractivity contribution < 1.29 is 19.0 Å². The summed E-state index contributed by atoms with van der Waals surface area (Å²) in [6.45, 7) is 9.02. The molecule has 1 rings (SSSR count). The molecular formula is C16H24O4Si. The first-order chi connectivity index (χ1) is 10.2. The van der Waals surface area contributed by atoms with Crippen LogP contribution in [0.25, 0.3) is 0 Å². The fraction of sp³-hybridized carbons (Fsp3) is 0.438. The number of ether oxygens (including phenoxy) is 3. The summed E-state index contributed by atoms with van der Waals surface area (Å²) in [5.41, 5.74) is 0. The second-order valence-corrected chi connectivity index (χ2v) is 6.41. The standard InChI is InChI=1S/C16H24O4Si/c1-4-15(17)20-11-8-12-21-14-10-7-9-13(18-5-2)16(14)19-6-3/h4,7,9-10H,1,5-6,8,11-12,21H2,2-3H3. The first-order valence-electron chi connectivity index (χ1n) is 7.39. The van der Waals surface area contributed by atoms with Crippen LogP contribution in [0.4, 0.5) is 0 Å². The Balaban J connectivity index is 2.55. The van der Waals surface area contributed by atoms with E-state index in [0.29, 0.717) is 19.8 Å². The summed E-state index contributed by atoms with van der Waals surface area (Å²) < 4.78 is 16.3. The van der Waals surface area contributed by atoms with Crippen molar-refractivity contribution in [1.29, 1.82) is 0 Å². The maximum absolute atomic E-state index is 10.9. The van der Waals surface area contributed by atoms with E-state index in [1.54, 1.807) is 0 Å². The number of rotatable bonds is 10. The number of hydrogen-bond acceptors (Lipinski definition) is 4. The van der Waals surface area contributed by atoms with Gasteiger partial charge in [-0.25, -0.2) is 4.79 Å². The molecule has 0 spiro atoms. The minimum Gasteiger partial charge on any atom is -0.490 e. The molecule has 0 unspecified atom stereocenters. The third-order valence-corrected chi connectivity index (χ3v) is 4.85. The van der Waals surface area contributed by atoms with Gasteiger partial charge in [-0.3, -0.25) is 0 Å². The Hall–Kier alpha value is -1.75. The zero-order valence-electron chi connectivity index (χ0n) is 12.9. The average Bonchev–Trinajstić information content (AvgIpc) is 2.49. The highest BCUT2D eigenvalue weighted by Crippen LogP contribution is 2.24. The third kappa shape index (κ3) is 6.04. The van der Waals surface area contributed by atoms with Crippen molar-refractivity contribution >= 4 is 20.7 Å². The minimum absolute atomic E-state index is 0.356. The summed E-state index contributed by atoms with van der Waals surface area (Å²) >= 11 is 0. The van der Waals surface area contributed by atoms with Crippen molar-refractivity contribution in [3.63, 3.8) is 0 Å². The van der Waals surface area contributed by atoms with E-state index in [4.69, 9.17) is 14.2 Å². The lowest BCUT2D eigenvalue weighted by molar-refractivity contribution is -0.137. The zero-order valence-corrected chi connectivity index (χ0v) is 14.3. The predicted molar refractivity (Wildman–Crippen MR) is 87.5 cm³/mol. The topological polar surface area (TPSA) is 44.8 Å². The van der Waals surface area contributed by atoms with Gasteiger partial charge in [0.05, 0.1) is 29.3 Å². The smallest absolute Gasteiger partial charge is 0.330 e. The van der Waals surface area contributed by atoms with Crippen LogP contribution in [-0.2, 0) is 9.53 Å². The maximum atomic E-state index is 10.9. The second-order valence-electron chi connectivity index (χ2n) is 4.44. The molecule has 0 aliphatic carbocycles. The first kappa shape index (κ1) is 17.3. The van der Waals surface area contributed by atoms with E-state index in [1.165, 1.54) is 11.3 Å². The molecule has 0 aromatic heterocycles. The molecule has 0 atom stereocenters. The van der Waals surface area contributed by atoms with E-state index in [0.717, 1.165) is 24.0 Å². The first-order valence-corrected chi connectivity index (χ1v) is 9.10. The fourth-order valence-corrected chi connectivity index (χ4v) is 3.63. The fourth-order valence-electron chi connectivity index (χ4n) is 1.98. The SMILES string of the molecule is C=CC(=O)OCCC[SiH2]c1cccc(OCC)c1OCC. The number of hydrogen-bond donors (Lipinski definition) is 0. The Bertz CT molecular complexity index is 460. The molecule has 0 saturated heterocycles. The summed E-state index contributed by atoms with van der Waals surface area (Å²) in [6, 6.07) is 7.11. The van der Waals surface area contributed by atoms with Gasteiger partial charge in [0.15, 0.2) is 11.5 Å². The molecule has 0 bridgehead atoms. The molecule has 0 radical (unpaired) electrons. The Labute approximate surface area is 128 Å². The minimum atomic E-state index is -0.472. The summed E-state index contributed by atoms with van der Waals surface area (Å²) in [7, 11) is -0.472. The molecule has 4 nitrogen and oxygen atoms in total. The molecule has 0 fully saturated rings. The molecule has 116 valence electrons. The third-order valence-electron chi connectivity index (χ3n) is 2.90. The molecule has 0 aliphatic rings. The van der Waals surface area contributed by atoms with Gasteiger partial charge in [-0.15, -0.1) is 0 Å². The molecule has 5 heteroatoms. The van der Waals surface area contributed by atoms with E-state index in [2.05, 4.69) is 12.6 Å². The van der Waals surface area contributed by atoms with Crippen molar-refractivity contribution in [2.75, 3.05) is 19.8 Å². The molecule has 1 aromatic carbocycles. The van der Waals surface area contributed by atoms with Gasteiger partial charge in [-0.1, -0.05) is 24.8 Å². The van der Waals surface area contributed by atoms with Gasteiger partial charge >= 0.3 is 5.97 Å². The van der Waals surface area contributed by atoms with Gasteiger partial charge in [0.2, 0.25) is 0 Å². The van der Waals surface area contributed by atoms with Crippen molar-refractivity contribution in [2.45, 2.75) is 26.3 Å². The number of carbonyl (C=O) groups is 1. The van der Waals surface area contributed by atoms with Gasteiger partial charge < -0.3 is 14.2 Å². The quantitative estimate of drug-likeness (QED) is 0.286. The summed E-state index contributed by atoms with van der Waals surface area (Å²) in [5.74, 6) is 1.35. The largest absolute Gasteiger partial charge is 0.490 e. The Kier molecular flexibility index (Phi) is 8.27. The van der Waals surface area contributed by atoms with Crippen molar-refractivity contribution in [3.05, 3.63) is 30.9 Å². The highest BCUT2D eigenvalue weighted by Gasteiger charge is 2.10. The molecule has 0 saturated carbocycles. The number of para-hydroxylation sites is 1. The molecule has 1 aromatic rings. The highest BCUT2D eigenvalue weighted by molar-refractivity contribution is 6.54. The Morgan fingerprint density at radius 1 is 1.29 bits per heavy atom. The molecule has 0 N–H and O–H groups in total. The van der Waals surface area contributed by atoms with Crippen molar-refractivity contribution in [2.24, 2.45) is 0 Å². The van der Waals surface area contributed by atoms with Gasteiger partial charge in [-0.2, -0.15) is 0 Å². The Morgan fingerprint density at radius 3 is 2.71 bits per heavy atom. The van der Waals surface area contributed by atoms with E-state index in [-0.39, 0.29) is 5.97 Å². The van der Waals surface area contributed by atoms with Crippen LogP contribution in [0.5, 0.6) is 11.5 Å². The van der Waals surface area contributed by atoms with Gasteiger partial charge in [0, 0.05) is 6.08 Å². The van der Waals surface area contributed by atoms with Crippen LogP contribution in [-0.4, -0.2) is 35.3 Å². The lowest BCUT2D eigenvalue weighted by Crippen LogP contribution is -2.19. The predicted octanol–water partition coefficient (Wildman–Crippen LogP) is 1.82. The normalized spacial score (nSPS) is 10.6. The van der Waals surface area contributed by atoms with Crippen LogP contribution in [0.1, 0.15) is 20.3 Å². The van der Waals surface area contributed by atoms with Crippen LogP contribution in [0.15, 0.2) is 30.9 Å². The van der Waals surface area contributed by atoms with Crippen LogP contribution < -0.4 is 14.7 Å². The lowest BCUT2D eigenvalue weighted by atomic mass is 10.3. The molecule has 0 aliphatic heterocycles. The molecular weight excluding hydrogens is 284 g/mol. The maximum Gasteiger partial charge on any atom is 0.330 e. The average molecular weight is 308 g/mol. The zero-order chi connectivity index (χ0) is 15.5. The summed E-state index contributed by atoms with van der Waals surface area (Å²) in [6.07, 6.45) is 2.06. The monoisotopic (exact) mass is 308 g/mol. The van der Waals surface area contributed by atoms with E-state index >= 15 is 0 Å². The Morgan fingerprint density at radius 2 is 2.05 bits per heavy atom. The van der Waals surface area contributed by atoms with E-state index in [9.17, 15) is 4.79 Å².